The van der Waals surface area contributed by atoms with Crippen LogP contribution in [0.1, 0.15) is 51.2 Å². The molecule has 308 valence electrons. The van der Waals surface area contributed by atoms with Gasteiger partial charge < -0.3 is 23.2 Å². The first-order chi connectivity index (χ1) is 36.1. The van der Waals surface area contributed by atoms with Crippen LogP contribution in [-0.4, -0.2) is 25.8 Å². The Hall–Kier alpha value is -6.95. The molecular formula is C55H42BN5OPt-2. The molecule has 0 N–H and O–H groups in total. The Balaban J connectivity index is 0.00000672. The summed E-state index contributed by atoms with van der Waals surface area (Å²) in [6.07, 6.45) is 11.3. The molecule has 0 aliphatic carbocycles. The van der Waals surface area contributed by atoms with Gasteiger partial charge in [0.1, 0.15) is 5.82 Å². The molecule has 0 unspecified atom stereocenters. The molecule has 0 bridgehead atoms. The molecule has 63 heavy (non-hydrogen) atoms. The number of nitrogens with zero attached hydrogens (tertiary/aromatic N) is 5. The molecule has 0 saturated heterocycles. The van der Waals surface area contributed by atoms with Crippen molar-refractivity contribution in [2.24, 2.45) is 6.98 Å². The van der Waals surface area contributed by atoms with Crippen LogP contribution in [-0.2, 0) is 33.5 Å². The molecule has 0 amide bonds. The molecule has 6 aromatic carbocycles. The Bertz CT molecular complexity index is 3920. The van der Waals surface area contributed by atoms with Crippen LogP contribution in [0.4, 0.5) is 0 Å². The van der Waals surface area contributed by atoms with Crippen LogP contribution >= 0.6 is 0 Å². The van der Waals surface area contributed by atoms with Crippen LogP contribution in [0.3, 0.4) is 0 Å². The predicted octanol–water partition coefficient (Wildman–Crippen LogP) is 10.5. The Labute approximate surface area is 402 Å². The summed E-state index contributed by atoms with van der Waals surface area (Å²) in [6, 6.07) is 25.4. The number of ether oxygens (including phenoxy) is 1. The normalized spacial score (nSPS) is 16.7. The van der Waals surface area contributed by atoms with E-state index in [9.17, 15) is 1.37 Å². The van der Waals surface area contributed by atoms with Crippen LogP contribution in [0, 0.1) is 18.5 Å². The van der Waals surface area contributed by atoms with Gasteiger partial charge in [-0.05, 0) is 86.7 Å². The number of allylic oxidation sites excluding steroid dienone is 3. The summed E-state index contributed by atoms with van der Waals surface area (Å²) in [6.45, 7) is 1.98. The fourth-order valence-electron chi connectivity index (χ4n) is 8.27. The number of hydrogen-bond donors (Lipinski definition) is 0. The minimum absolute atomic E-state index is 0. The number of para-hydroxylation sites is 1. The molecule has 9 aromatic rings. The molecule has 3 aromatic heterocycles. The van der Waals surface area contributed by atoms with Crippen molar-refractivity contribution in [2.45, 2.75) is 26.2 Å². The number of imidazole rings is 1. The number of rotatable bonds is 7. The molecule has 8 heteroatoms. The van der Waals surface area contributed by atoms with Crippen molar-refractivity contribution in [3.05, 3.63) is 211 Å². The van der Waals surface area contributed by atoms with E-state index in [0.29, 0.717) is 17.1 Å². The minimum atomic E-state index is -3.03. The topological polar surface area (TPSA) is 39.1 Å². The summed E-state index contributed by atoms with van der Waals surface area (Å²) < 4.78 is 136. The fourth-order valence-corrected chi connectivity index (χ4v) is 8.27. The molecule has 0 saturated carbocycles. The van der Waals surface area contributed by atoms with Gasteiger partial charge in [0.15, 0.2) is 0 Å². The van der Waals surface area contributed by atoms with E-state index in [1.165, 1.54) is 22.8 Å². The summed E-state index contributed by atoms with van der Waals surface area (Å²) in [7, 11) is 0. The zero-order chi connectivity index (χ0) is 54.0. The van der Waals surface area contributed by atoms with Crippen molar-refractivity contribution < 1.29 is 49.6 Å². The molecule has 0 fully saturated rings. The number of pyridine rings is 1. The van der Waals surface area contributed by atoms with Crippen molar-refractivity contribution >= 4 is 45.8 Å². The van der Waals surface area contributed by atoms with Crippen LogP contribution < -0.4 is 20.4 Å². The Morgan fingerprint density at radius 1 is 0.778 bits per heavy atom. The maximum Gasteiger partial charge on any atom is 0.312 e. The smallest absolute Gasteiger partial charge is 0.312 e. The maximum atomic E-state index is 9.86. The van der Waals surface area contributed by atoms with Gasteiger partial charge in [0.25, 0.3) is 0 Å². The van der Waals surface area contributed by atoms with Gasteiger partial charge in [-0.2, -0.15) is 18.2 Å². The Morgan fingerprint density at radius 3 is 2.25 bits per heavy atom. The second kappa shape index (κ2) is 16.1. The Morgan fingerprint density at radius 2 is 1.51 bits per heavy atom. The number of aryl methyl sites for hydroxylation is 1. The van der Waals surface area contributed by atoms with Gasteiger partial charge in [-0.1, -0.05) is 135 Å². The van der Waals surface area contributed by atoms with E-state index in [-0.39, 0.29) is 88.7 Å². The predicted molar refractivity (Wildman–Crippen MR) is 251 cm³/mol. The molecule has 11 rings (SSSR count). The minimum Gasteiger partial charge on any atom is -0.510 e. The summed E-state index contributed by atoms with van der Waals surface area (Å²) in [5.41, 5.74) is 2.33. The molecule has 5 heterocycles. The van der Waals surface area contributed by atoms with Crippen molar-refractivity contribution in [1.29, 1.82) is 0 Å². The second-order valence-electron chi connectivity index (χ2n) is 15.9. The van der Waals surface area contributed by atoms with E-state index in [1.54, 1.807) is 59.7 Å². The maximum absolute atomic E-state index is 9.86. The van der Waals surface area contributed by atoms with Gasteiger partial charge in [-0.15, -0.1) is 29.7 Å². The third-order valence-electron chi connectivity index (χ3n) is 11.1. The molecule has 2 aliphatic rings. The SMILES string of the molecule is [2H]C1=C2C=CC=CN2B(c2c(-c3c([2H])c([2H])c([2H])c([2H])c3[2H])cccc2-c2c([2H])c([2H])c([2H])c([2H])c2[2H])c2c1n(-c1[c-]c(Oc3[c-]c4c(cc3)c3ccccc3n4-c3cc(C(C)(C)C)ccn3)ccc1)[c-][n+]2C([2H])([2H])[2H].[Pt]. The van der Waals surface area contributed by atoms with Crippen molar-refractivity contribution in [2.75, 3.05) is 0 Å². The fraction of sp³-hybridized carbons (Fsp3) is 0.0909. The summed E-state index contributed by atoms with van der Waals surface area (Å²) >= 11 is 0. The van der Waals surface area contributed by atoms with E-state index in [1.807, 2.05) is 41.0 Å². The summed E-state index contributed by atoms with van der Waals surface area (Å²) in [5.74, 6) is 1.23. The average Bonchev–Trinajstić information content (AvgIpc) is 4.15. The standard InChI is InChI=1S/C55H42BN5O.Pt/c1-55(2,3)40-30-31-57-52(33-40)61-49-27-12-11-24-47(49)48-29-28-44(36-50(48)61)62-43-23-15-22-41(34-43)59-37-58(4)54-51(59)35-42-21-13-14-32-60(42)56(54)53-45(38-17-7-5-8-18-38)25-16-26-46(53)39-19-9-6-10-20-39;/h5-33,35H,1-4H3;/q-2;/i4D3,5D,6D,7D,8D,9D,10D,17D,18D,19D,20D,35D;. The van der Waals surface area contributed by atoms with E-state index in [4.69, 9.17) is 27.5 Å². The van der Waals surface area contributed by atoms with Crippen LogP contribution in [0.2, 0.25) is 0 Å². The quantitative estimate of drug-likeness (QED) is 0.0907. The third-order valence-corrected chi connectivity index (χ3v) is 11.1. The number of hydrogen-bond acceptors (Lipinski definition) is 3. The van der Waals surface area contributed by atoms with Gasteiger partial charge in [0, 0.05) is 61.3 Å². The molecular weight excluding hydrogens is 953 g/mol. The second-order valence-corrected chi connectivity index (χ2v) is 15.9. The van der Waals surface area contributed by atoms with Gasteiger partial charge in [0.2, 0.25) is 6.33 Å². The summed E-state index contributed by atoms with van der Waals surface area (Å²) in [4.78, 5) is 6.37. The van der Waals surface area contributed by atoms with Crippen molar-refractivity contribution in [3.63, 3.8) is 0 Å². The third kappa shape index (κ3) is 7.07. The molecule has 0 spiro atoms. The van der Waals surface area contributed by atoms with E-state index in [0.717, 1.165) is 26.4 Å². The van der Waals surface area contributed by atoms with Crippen molar-refractivity contribution in [3.8, 4) is 45.3 Å². The average molecular weight is 1010 g/mol. The Kier molecular flexibility index (Phi) is 6.93. The van der Waals surface area contributed by atoms with Crippen LogP contribution in [0.5, 0.6) is 11.5 Å². The number of benzene rings is 6. The van der Waals surface area contributed by atoms with Gasteiger partial charge in [-0.3, -0.25) is 0 Å². The van der Waals surface area contributed by atoms with E-state index in [2.05, 4.69) is 45.3 Å². The summed E-state index contributed by atoms with van der Waals surface area (Å²) in [5, 5.41) is 1.91. The van der Waals surface area contributed by atoms with Crippen LogP contribution in [0.25, 0.3) is 61.6 Å². The number of fused-ring (bicyclic) bond motifs is 5. The molecule has 2 aliphatic heterocycles. The number of aromatic nitrogens is 4. The van der Waals surface area contributed by atoms with E-state index >= 15 is 0 Å². The zero-order valence-electron chi connectivity index (χ0n) is 48.0. The van der Waals surface area contributed by atoms with Crippen molar-refractivity contribution in [1.82, 2.24) is 18.9 Å². The first kappa shape index (κ1) is 27.2. The van der Waals surface area contributed by atoms with Gasteiger partial charge in [-0.25, -0.2) is 4.98 Å². The van der Waals surface area contributed by atoms with E-state index < -0.39 is 74.2 Å². The van der Waals surface area contributed by atoms with Gasteiger partial charge >= 0.3 is 6.85 Å². The molecule has 0 atom stereocenters. The van der Waals surface area contributed by atoms with Crippen LogP contribution in [0.15, 0.2) is 182 Å². The van der Waals surface area contributed by atoms with Gasteiger partial charge in [0.05, 0.1) is 26.2 Å². The molecule has 6 nitrogen and oxygen atoms in total. The molecule has 0 radical (unpaired) electrons. The zero-order valence-corrected chi connectivity index (χ0v) is 36.3. The largest absolute Gasteiger partial charge is 0.510 e. The first-order valence-corrected chi connectivity index (χ1v) is 19.9. The monoisotopic (exact) mass is 1010 g/mol. The first-order valence-electron chi connectivity index (χ1n) is 26.9.